The molecule has 0 radical (unpaired) electrons. The molecule has 1 aliphatic heterocycles. The van der Waals surface area contributed by atoms with Crippen molar-refractivity contribution in [3.8, 4) is 22.8 Å². The Kier molecular flexibility index (Phi) is 7.06. The zero-order valence-electron chi connectivity index (χ0n) is 22.1. The molecular formula is C32H28FN5O2. The van der Waals surface area contributed by atoms with Gasteiger partial charge in [0, 0.05) is 48.6 Å². The number of nitrogens with zero attached hydrogens (tertiary/aromatic N) is 4. The van der Waals surface area contributed by atoms with Gasteiger partial charge in [-0.05, 0) is 66.8 Å². The number of pyridine rings is 3. The summed E-state index contributed by atoms with van der Waals surface area (Å²) < 4.78 is 19.1. The molecule has 8 heteroatoms. The van der Waals surface area contributed by atoms with Gasteiger partial charge in [-0.25, -0.2) is 9.37 Å². The topological polar surface area (TPSA) is 80.2 Å². The van der Waals surface area contributed by atoms with Crippen molar-refractivity contribution in [1.82, 2.24) is 15.0 Å². The van der Waals surface area contributed by atoms with Crippen molar-refractivity contribution >= 4 is 28.2 Å². The highest BCUT2D eigenvalue weighted by Crippen LogP contribution is 2.31. The molecule has 1 amide bonds. The molecule has 40 heavy (non-hydrogen) atoms. The Labute approximate surface area is 231 Å². The maximum Gasteiger partial charge on any atom is 0.256 e. The Morgan fingerprint density at radius 1 is 0.950 bits per heavy atom. The van der Waals surface area contributed by atoms with Crippen LogP contribution < -0.4 is 15.0 Å². The number of ether oxygens (including phenoxy) is 1. The molecule has 0 aliphatic carbocycles. The fourth-order valence-corrected chi connectivity index (χ4v) is 5.04. The minimum Gasteiger partial charge on any atom is -0.439 e. The quantitative estimate of drug-likeness (QED) is 0.242. The summed E-state index contributed by atoms with van der Waals surface area (Å²) in [6, 6.07) is 17.3. The number of hydrogen-bond donors (Lipinski definition) is 1. The number of hydrogen-bond acceptors (Lipinski definition) is 6. The first-order chi connectivity index (χ1) is 19.6. The Morgan fingerprint density at radius 2 is 1.82 bits per heavy atom. The molecule has 0 unspecified atom stereocenters. The van der Waals surface area contributed by atoms with Crippen molar-refractivity contribution in [2.24, 2.45) is 0 Å². The van der Waals surface area contributed by atoms with Gasteiger partial charge in [0.2, 0.25) is 5.88 Å². The summed E-state index contributed by atoms with van der Waals surface area (Å²) >= 11 is 0. The summed E-state index contributed by atoms with van der Waals surface area (Å²) in [6.07, 6.45) is 10.1. The molecule has 0 bridgehead atoms. The third-order valence-corrected chi connectivity index (χ3v) is 7.10. The molecule has 0 atom stereocenters. The Bertz CT molecular complexity index is 1680. The molecular weight excluding hydrogens is 505 g/mol. The molecule has 6 rings (SSSR count). The molecule has 0 spiro atoms. The molecule has 2 aromatic carbocycles. The summed E-state index contributed by atoms with van der Waals surface area (Å²) in [7, 11) is 0. The summed E-state index contributed by atoms with van der Waals surface area (Å²) in [6.45, 7) is 4.10. The predicted octanol–water partition coefficient (Wildman–Crippen LogP) is 7.04. The first-order valence-corrected chi connectivity index (χ1v) is 13.4. The molecule has 1 aliphatic rings. The number of nitrogens with one attached hydrogen (secondary N) is 1. The lowest BCUT2D eigenvalue weighted by Gasteiger charge is -2.18. The molecule has 5 aromatic rings. The number of halogens is 1. The van der Waals surface area contributed by atoms with E-state index in [1.165, 1.54) is 31.2 Å². The van der Waals surface area contributed by atoms with Crippen molar-refractivity contribution in [3.63, 3.8) is 0 Å². The van der Waals surface area contributed by atoms with E-state index in [0.29, 0.717) is 29.3 Å². The fraction of sp³-hybridized carbons (Fsp3) is 0.188. The van der Waals surface area contributed by atoms with E-state index < -0.39 is 5.82 Å². The second-order valence-electron chi connectivity index (χ2n) is 9.77. The Balaban J connectivity index is 1.28. The van der Waals surface area contributed by atoms with E-state index in [-0.39, 0.29) is 5.91 Å². The van der Waals surface area contributed by atoms with Gasteiger partial charge in [-0.15, -0.1) is 0 Å². The van der Waals surface area contributed by atoms with Gasteiger partial charge in [0.1, 0.15) is 11.6 Å². The molecule has 1 fully saturated rings. The number of fused-ring (bicyclic) bond motifs is 1. The van der Waals surface area contributed by atoms with E-state index in [2.05, 4.69) is 31.2 Å². The van der Waals surface area contributed by atoms with Gasteiger partial charge < -0.3 is 15.0 Å². The number of amides is 1. The smallest absolute Gasteiger partial charge is 0.256 e. The van der Waals surface area contributed by atoms with E-state index in [9.17, 15) is 9.18 Å². The standard InChI is InChI=1S/C32H28FN5O2/c1-2-21-18-35-29-10-8-22(23-14-26(20-34-17-23)38-12-3-4-13-38)15-28(29)31(21)32(39)37-25-9-11-30(36-19-25)40-27-7-5-6-24(33)16-27/h5-11,14-20H,2-4,12-13H2,1H3,(H,37,39). The molecule has 1 N–H and O–H groups in total. The van der Waals surface area contributed by atoms with Crippen molar-refractivity contribution < 1.29 is 13.9 Å². The average molecular weight is 534 g/mol. The highest BCUT2D eigenvalue weighted by Gasteiger charge is 2.18. The van der Waals surface area contributed by atoms with Gasteiger partial charge >= 0.3 is 0 Å². The lowest BCUT2D eigenvalue weighted by Crippen LogP contribution is -2.17. The number of aryl methyl sites for hydroxylation is 1. The molecule has 200 valence electrons. The van der Waals surface area contributed by atoms with Gasteiger partial charge in [-0.1, -0.05) is 19.1 Å². The molecule has 1 saturated heterocycles. The van der Waals surface area contributed by atoms with Gasteiger partial charge in [0.05, 0.1) is 34.8 Å². The number of rotatable bonds is 7. The van der Waals surface area contributed by atoms with Crippen LogP contribution in [0.15, 0.2) is 85.5 Å². The zero-order chi connectivity index (χ0) is 27.5. The van der Waals surface area contributed by atoms with Gasteiger partial charge in [0.25, 0.3) is 5.91 Å². The van der Waals surface area contributed by atoms with E-state index in [1.807, 2.05) is 37.5 Å². The van der Waals surface area contributed by atoms with Crippen LogP contribution in [0.1, 0.15) is 35.7 Å². The van der Waals surface area contributed by atoms with Gasteiger partial charge in [0.15, 0.2) is 0 Å². The van der Waals surface area contributed by atoms with Crippen LogP contribution in [0.2, 0.25) is 0 Å². The third-order valence-electron chi connectivity index (χ3n) is 7.10. The van der Waals surface area contributed by atoms with Crippen LogP contribution >= 0.6 is 0 Å². The van der Waals surface area contributed by atoms with E-state index in [4.69, 9.17) is 4.74 Å². The normalized spacial score (nSPS) is 13.0. The minimum absolute atomic E-state index is 0.244. The number of anilines is 2. The number of benzene rings is 2. The predicted molar refractivity (Wildman–Crippen MR) is 154 cm³/mol. The van der Waals surface area contributed by atoms with Gasteiger partial charge in [-0.2, -0.15) is 0 Å². The Morgan fingerprint density at radius 3 is 2.60 bits per heavy atom. The summed E-state index contributed by atoms with van der Waals surface area (Å²) in [5.41, 5.74) is 5.78. The van der Waals surface area contributed by atoms with Crippen LogP contribution in [0, 0.1) is 5.82 Å². The summed E-state index contributed by atoms with van der Waals surface area (Å²) in [4.78, 5) is 29.4. The monoisotopic (exact) mass is 533 g/mol. The highest BCUT2D eigenvalue weighted by atomic mass is 19.1. The van der Waals surface area contributed by atoms with E-state index >= 15 is 0 Å². The zero-order valence-corrected chi connectivity index (χ0v) is 22.1. The minimum atomic E-state index is -0.392. The number of carbonyl (C=O) groups is 1. The van der Waals surface area contributed by atoms with Crippen LogP contribution in [0.3, 0.4) is 0 Å². The molecule has 3 aromatic heterocycles. The van der Waals surface area contributed by atoms with Crippen molar-refractivity contribution in [1.29, 1.82) is 0 Å². The highest BCUT2D eigenvalue weighted by molar-refractivity contribution is 6.13. The first kappa shape index (κ1) is 25.4. The van der Waals surface area contributed by atoms with Gasteiger partial charge in [-0.3, -0.25) is 14.8 Å². The maximum absolute atomic E-state index is 13.6. The summed E-state index contributed by atoms with van der Waals surface area (Å²) in [5.74, 6) is 0.000987. The third kappa shape index (κ3) is 5.33. The SMILES string of the molecule is CCc1cnc2ccc(-c3cncc(N4CCCC4)c3)cc2c1C(=O)Nc1ccc(Oc2cccc(F)c2)nc1. The second kappa shape index (κ2) is 11.1. The van der Waals surface area contributed by atoms with Crippen LogP contribution in [0.5, 0.6) is 11.6 Å². The second-order valence-corrected chi connectivity index (χ2v) is 9.77. The lowest BCUT2D eigenvalue weighted by atomic mass is 9.97. The fourth-order valence-electron chi connectivity index (χ4n) is 5.04. The molecule has 7 nitrogen and oxygen atoms in total. The first-order valence-electron chi connectivity index (χ1n) is 13.4. The summed E-state index contributed by atoms with van der Waals surface area (Å²) in [5, 5.41) is 3.74. The average Bonchev–Trinajstić information content (AvgIpc) is 3.53. The van der Waals surface area contributed by atoms with Crippen LogP contribution in [-0.4, -0.2) is 33.9 Å². The van der Waals surface area contributed by atoms with E-state index in [1.54, 1.807) is 30.5 Å². The van der Waals surface area contributed by atoms with Crippen molar-refractivity contribution in [2.45, 2.75) is 26.2 Å². The van der Waals surface area contributed by atoms with Crippen LogP contribution in [0.25, 0.3) is 22.0 Å². The number of carbonyl (C=O) groups excluding carboxylic acids is 1. The van der Waals surface area contributed by atoms with Crippen LogP contribution in [0.4, 0.5) is 15.8 Å². The Hall–Kier alpha value is -4.85. The lowest BCUT2D eigenvalue weighted by molar-refractivity contribution is 0.102. The van der Waals surface area contributed by atoms with Crippen LogP contribution in [-0.2, 0) is 6.42 Å². The van der Waals surface area contributed by atoms with Crippen molar-refractivity contribution in [2.75, 3.05) is 23.3 Å². The van der Waals surface area contributed by atoms with Crippen molar-refractivity contribution in [3.05, 3.63) is 102 Å². The maximum atomic E-state index is 13.6. The number of aromatic nitrogens is 3. The largest absolute Gasteiger partial charge is 0.439 e. The van der Waals surface area contributed by atoms with E-state index in [0.717, 1.165) is 46.4 Å². The molecule has 0 saturated carbocycles. The molecule has 4 heterocycles.